The zero-order valence-corrected chi connectivity index (χ0v) is 7.94. The zero-order chi connectivity index (χ0) is 8.70. The standard InChI is InChI=1S/C9H19NO/c1-5-9(4)7(11)6-8(2,3)10-9/h7,10-11H,5-6H2,1-4H3. The van der Waals surface area contributed by atoms with Gasteiger partial charge >= 0.3 is 0 Å². The molecule has 1 fully saturated rings. The second-order valence-corrected chi connectivity index (χ2v) is 4.50. The van der Waals surface area contributed by atoms with Crippen molar-refractivity contribution in [3.8, 4) is 0 Å². The molecule has 1 aliphatic rings. The molecule has 0 amide bonds. The molecule has 0 spiro atoms. The monoisotopic (exact) mass is 157 g/mol. The number of aliphatic hydroxyl groups is 1. The zero-order valence-electron chi connectivity index (χ0n) is 7.94. The first-order chi connectivity index (χ1) is 4.90. The van der Waals surface area contributed by atoms with Gasteiger partial charge in [-0.2, -0.15) is 0 Å². The lowest BCUT2D eigenvalue weighted by Gasteiger charge is -2.29. The van der Waals surface area contributed by atoms with Crippen molar-refractivity contribution in [2.75, 3.05) is 0 Å². The fourth-order valence-corrected chi connectivity index (χ4v) is 1.94. The van der Waals surface area contributed by atoms with Gasteiger partial charge in [-0.1, -0.05) is 6.92 Å². The van der Waals surface area contributed by atoms with Crippen LogP contribution in [-0.4, -0.2) is 22.3 Å². The molecule has 1 aliphatic heterocycles. The van der Waals surface area contributed by atoms with Gasteiger partial charge < -0.3 is 10.4 Å². The molecule has 2 unspecified atom stereocenters. The summed E-state index contributed by atoms with van der Waals surface area (Å²) in [5, 5.41) is 13.2. The summed E-state index contributed by atoms with van der Waals surface area (Å²) in [5.41, 5.74) is 0.0354. The average molecular weight is 157 g/mol. The van der Waals surface area contributed by atoms with Gasteiger partial charge in [0.25, 0.3) is 0 Å². The largest absolute Gasteiger partial charge is 0.391 e. The Labute approximate surface area is 69.0 Å². The van der Waals surface area contributed by atoms with Gasteiger partial charge in [0, 0.05) is 11.1 Å². The summed E-state index contributed by atoms with van der Waals surface area (Å²) in [5.74, 6) is 0. The molecule has 0 bridgehead atoms. The summed E-state index contributed by atoms with van der Waals surface area (Å²) in [4.78, 5) is 0. The second-order valence-electron chi connectivity index (χ2n) is 4.50. The normalized spacial score (nSPS) is 42.8. The minimum atomic E-state index is -0.192. The Morgan fingerprint density at radius 1 is 1.45 bits per heavy atom. The van der Waals surface area contributed by atoms with Crippen molar-refractivity contribution in [3.05, 3.63) is 0 Å². The predicted octanol–water partition coefficient (Wildman–Crippen LogP) is 1.29. The highest BCUT2D eigenvalue weighted by atomic mass is 16.3. The molecule has 0 aliphatic carbocycles. The van der Waals surface area contributed by atoms with E-state index < -0.39 is 0 Å². The van der Waals surface area contributed by atoms with Crippen LogP contribution in [0, 0.1) is 0 Å². The van der Waals surface area contributed by atoms with E-state index in [9.17, 15) is 5.11 Å². The number of nitrogens with one attached hydrogen (secondary N) is 1. The molecule has 0 aromatic rings. The van der Waals surface area contributed by atoms with E-state index in [2.05, 4.69) is 33.0 Å². The minimum absolute atomic E-state index is 0.0660. The van der Waals surface area contributed by atoms with E-state index in [1.54, 1.807) is 0 Å². The van der Waals surface area contributed by atoms with Crippen molar-refractivity contribution in [2.24, 2.45) is 0 Å². The lowest BCUT2D eigenvalue weighted by atomic mass is 9.93. The van der Waals surface area contributed by atoms with Crippen LogP contribution in [0.25, 0.3) is 0 Å². The van der Waals surface area contributed by atoms with Crippen molar-refractivity contribution in [3.63, 3.8) is 0 Å². The molecule has 11 heavy (non-hydrogen) atoms. The first-order valence-electron chi connectivity index (χ1n) is 4.37. The highest BCUT2D eigenvalue weighted by molar-refractivity contribution is 5.04. The van der Waals surface area contributed by atoms with Gasteiger partial charge in [-0.05, 0) is 33.6 Å². The van der Waals surface area contributed by atoms with E-state index in [-0.39, 0.29) is 17.2 Å². The maximum absolute atomic E-state index is 9.72. The van der Waals surface area contributed by atoms with Gasteiger partial charge in [-0.25, -0.2) is 0 Å². The summed E-state index contributed by atoms with van der Waals surface area (Å²) >= 11 is 0. The third-order valence-corrected chi connectivity index (χ3v) is 2.80. The Balaban J connectivity index is 2.73. The molecular weight excluding hydrogens is 138 g/mol. The van der Waals surface area contributed by atoms with Gasteiger partial charge in [0.15, 0.2) is 0 Å². The van der Waals surface area contributed by atoms with Crippen molar-refractivity contribution in [2.45, 2.75) is 57.7 Å². The Morgan fingerprint density at radius 3 is 2.18 bits per heavy atom. The summed E-state index contributed by atoms with van der Waals surface area (Å²) in [7, 11) is 0. The Morgan fingerprint density at radius 2 is 2.00 bits per heavy atom. The summed E-state index contributed by atoms with van der Waals surface area (Å²) in [6, 6.07) is 0. The Hall–Kier alpha value is -0.0800. The Kier molecular flexibility index (Phi) is 2.01. The first kappa shape index (κ1) is 9.01. The molecule has 2 N–H and O–H groups in total. The molecule has 1 saturated heterocycles. The number of hydrogen-bond donors (Lipinski definition) is 2. The van der Waals surface area contributed by atoms with E-state index in [1.165, 1.54) is 0 Å². The van der Waals surface area contributed by atoms with Gasteiger partial charge in [-0.3, -0.25) is 0 Å². The van der Waals surface area contributed by atoms with Crippen molar-refractivity contribution in [1.82, 2.24) is 5.32 Å². The van der Waals surface area contributed by atoms with Crippen LogP contribution < -0.4 is 5.32 Å². The quantitative estimate of drug-likeness (QED) is 0.601. The number of hydrogen-bond acceptors (Lipinski definition) is 2. The molecule has 0 saturated carbocycles. The molecule has 2 heteroatoms. The van der Waals surface area contributed by atoms with E-state index in [0.29, 0.717) is 0 Å². The summed E-state index contributed by atoms with van der Waals surface area (Å²) in [6.07, 6.45) is 1.65. The van der Waals surface area contributed by atoms with Crippen LogP contribution in [0.2, 0.25) is 0 Å². The molecule has 1 heterocycles. The average Bonchev–Trinajstić information content (AvgIpc) is 2.03. The van der Waals surface area contributed by atoms with Gasteiger partial charge in [0.1, 0.15) is 0 Å². The third kappa shape index (κ3) is 1.57. The van der Waals surface area contributed by atoms with Crippen LogP contribution >= 0.6 is 0 Å². The Bertz CT molecular complexity index is 156. The summed E-state index contributed by atoms with van der Waals surface area (Å²) in [6.45, 7) is 8.47. The number of rotatable bonds is 1. The molecule has 0 aromatic carbocycles. The van der Waals surface area contributed by atoms with Crippen molar-refractivity contribution < 1.29 is 5.11 Å². The number of aliphatic hydroxyl groups excluding tert-OH is 1. The minimum Gasteiger partial charge on any atom is -0.391 e. The van der Waals surface area contributed by atoms with Crippen LogP contribution in [0.5, 0.6) is 0 Å². The van der Waals surface area contributed by atoms with E-state index >= 15 is 0 Å². The fourth-order valence-electron chi connectivity index (χ4n) is 1.94. The maximum Gasteiger partial charge on any atom is 0.0736 e. The van der Waals surface area contributed by atoms with Crippen molar-refractivity contribution in [1.29, 1.82) is 0 Å². The van der Waals surface area contributed by atoms with Crippen LogP contribution in [0.15, 0.2) is 0 Å². The van der Waals surface area contributed by atoms with E-state index in [0.717, 1.165) is 12.8 Å². The fraction of sp³-hybridized carbons (Fsp3) is 1.00. The maximum atomic E-state index is 9.72. The lowest BCUT2D eigenvalue weighted by Crippen LogP contribution is -2.48. The lowest BCUT2D eigenvalue weighted by molar-refractivity contribution is 0.105. The summed E-state index contributed by atoms with van der Waals surface area (Å²) < 4.78 is 0. The molecule has 2 atom stereocenters. The predicted molar refractivity (Wildman–Crippen MR) is 46.5 cm³/mol. The SMILES string of the molecule is CCC1(C)NC(C)(C)CC1O. The van der Waals surface area contributed by atoms with Gasteiger partial charge in [0.2, 0.25) is 0 Å². The molecule has 1 rings (SSSR count). The third-order valence-electron chi connectivity index (χ3n) is 2.80. The molecule has 0 aromatic heterocycles. The molecule has 66 valence electrons. The second kappa shape index (κ2) is 2.46. The smallest absolute Gasteiger partial charge is 0.0736 e. The van der Waals surface area contributed by atoms with E-state index in [4.69, 9.17) is 0 Å². The van der Waals surface area contributed by atoms with E-state index in [1.807, 2.05) is 0 Å². The topological polar surface area (TPSA) is 32.3 Å². The molecular formula is C9H19NO. The highest BCUT2D eigenvalue weighted by Crippen LogP contribution is 2.32. The van der Waals surface area contributed by atoms with Crippen LogP contribution in [0.1, 0.15) is 40.5 Å². The van der Waals surface area contributed by atoms with Crippen LogP contribution in [-0.2, 0) is 0 Å². The highest BCUT2D eigenvalue weighted by Gasteiger charge is 2.44. The van der Waals surface area contributed by atoms with Crippen LogP contribution in [0.3, 0.4) is 0 Å². The van der Waals surface area contributed by atoms with Gasteiger partial charge in [-0.15, -0.1) is 0 Å². The van der Waals surface area contributed by atoms with Crippen LogP contribution in [0.4, 0.5) is 0 Å². The first-order valence-corrected chi connectivity index (χ1v) is 4.37. The molecule has 2 nitrogen and oxygen atoms in total. The van der Waals surface area contributed by atoms with Gasteiger partial charge in [0.05, 0.1) is 6.10 Å². The van der Waals surface area contributed by atoms with Crippen molar-refractivity contribution >= 4 is 0 Å². The molecule has 0 radical (unpaired) electrons.